The first-order valence-corrected chi connectivity index (χ1v) is 9.88. The summed E-state index contributed by atoms with van der Waals surface area (Å²) in [7, 11) is 0. The molecule has 0 radical (unpaired) electrons. The molecule has 0 aromatic rings. The zero-order valence-corrected chi connectivity index (χ0v) is 15.3. The van der Waals surface area contributed by atoms with Crippen molar-refractivity contribution >= 4 is 53.1 Å². The Morgan fingerprint density at radius 3 is 2.06 bits per heavy atom. The standard InChI is InChI=1S/C11H22Cl3O2PS/c1-5-6-7-15-17(18,9-10(2,3)4)16-8-11(12,13)14/h5-9H2,1-4H3. The fourth-order valence-corrected chi connectivity index (χ4v) is 5.38. The average Bonchev–Trinajstić information content (AvgIpc) is 2.12. The number of hydrogen-bond acceptors (Lipinski definition) is 3. The van der Waals surface area contributed by atoms with E-state index in [2.05, 4.69) is 27.7 Å². The minimum absolute atomic E-state index is 0.0232. The fraction of sp³-hybridized carbons (Fsp3) is 1.00. The third kappa shape index (κ3) is 11.3. The Morgan fingerprint density at radius 1 is 1.11 bits per heavy atom. The highest BCUT2D eigenvalue weighted by molar-refractivity contribution is 8.09. The third-order valence-corrected chi connectivity index (χ3v) is 5.66. The zero-order valence-electron chi connectivity index (χ0n) is 11.3. The Morgan fingerprint density at radius 2 is 1.67 bits per heavy atom. The highest BCUT2D eigenvalue weighted by Crippen LogP contribution is 2.54. The van der Waals surface area contributed by atoms with Gasteiger partial charge in [0.05, 0.1) is 6.61 Å². The molecule has 0 aliphatic heterocycles. The van der Waals surface area contributed by atoms with E-state index in [0.29, 0.717) is 12.8 Å². The molecule has 2 nitrogen and oxygen atoms in total. The summed E-state index contributed by atoms with van der Waals surface area (Å²) in [6.45, 7) is 6.56. The van der Waals surface area contributed by atoms with Crippen LogP contribution in [0.25, 0.3) is 0 Å². The minimum Gasteiger partial charge on any atom is -0.329 e. The maximum Gasteiger partial charge on any atom is 0.213 e. The van der Waals surface area contributed by atoms with E-state index in [9.17, 15) is 0 Å². The van der Waals surface area contributed by atoms with E-state index >= 15 is 0 Å². The number of unbranched alkanes of at least 4 members (excludes halogenated alkanes) is 1. The largest absolute Gasteiger partial charge is 0.329 e. The highest BCUT2D eigenvalue weighted by Gasteiger charge is 2.30. The molecule has 0 N–H and O–H groups in total. The van der Waals surface area contributed by atoms with Crippen LogP contribution in [0.4, 0.5) is 0 Å². The maximum absolute atomic E-state index is 5.77. The second kappa shape index (κ2) is 8.02. The minimum atomic E-state index is -2.39. The molecule has 0 spiro atoms. The van der Waals surface area contributed by atoms with Crippen molar-refractivity contribution < 1.29 is 9.05 Å². The normalized spacial score (nSPS) is 16.6. The van der Waals surface area contributed by atoms with Crippen molar-refractivity contribution in [1.29, 1.82) is 0 Å². The van der Waals surface area contributed by atoms with Gasteiger partial charge in [-0.2, -0.15) is 0 Å². The van der Waals surface area contributed by atoms with Crippen LogP contribution >= 0.6 is 41.3 Å². The molecule has 0 amide bonds. The number of hydrogen-bond donors (Lipinski definition) is 0. The summed E-state index contributed by atoms with van der Waals surface area (Å²) in [5.41, 5.74) is 0.0232. The number of halogens is 3. The summed E-state index contributed by atoms with van der Waals surface area (Å²) in [4.78, 5) is 0. The van der Waals surface area contributed by atoms with Gasteiger partial charge in [-0.1, -0.05) is 68.9 Å². The van der Waals surface area contributed by atoms with E-state index in [1.165, 1.54) is 0 Å². The van der Waals surface area contributed by atoms with Crippen LogP contribution in [0, 0.1) is 5.41 Å². The molecule has 0 saturated carbocycles. The molecule has 0 aliphatic carbocycles. The molecule has 0 fully saturated rings. The molecular weight excluding hydrogens is 334 g/mol. The maximum atomic E-state index is 5.77. The Balaban J connectivity index is 4.55. The van der Waals surface area contributed by atoms with Crippen LogP contribution in [-0.2, 0) is 20.9 Å². The molecule has 0 rings (SSSR count). The second-order valence-electron chi connectivity index (χ2n) is 5.41. The van der Waals surface area contributed by atoms with Crippen LogP contribution in [0.3, 0.4) is 0 Å². The van der Waals surface area contributed by atoms with E-state index in [0.717, 1.165) is 12.8 Å². The van der Waals surface area contributed by atoms with Gasteiger partial charge in [0.15, 0.2) is 6.49 Å². The first-order valence-electron chi connectivity index (χ1n) is 5.92. The van der Waals surface area contributed by atoms with E-state index in [-0.39, 0.29) is 12.0 Å². The van der Waals surface area contributed by atoms with E-state index in [1.54, 1.807) is 0 Å². The third-order valence-electron chi connectivity index (χ3n) is 1.88. The molecule has 0 aliphatic rings. The Labute approximate surface area is 131 Å². The fourth-order valence-electron chi connectivity index (χ4n) is 1.23. The van der Waals surface area contributed by atoms with Crippen molar-refractivity contribution in [3.05, 3.63) is 0 Å². The van der Waals surface area contributed by atoms with Crippen molar-refractivity contribution in [2.24, 2.45) is 5.41 Å². The monoisotopic (exact) mass is 354 g/mol. The van der Waals surface area contributed by atoms with Crippen molar-refractivity contribution in [1.82, 2.24) is 0 Å². The molecule has 0 bridgehead atoms. The van der Waals surface area contributed by atoms with Crippen LogP contribution in [-0.4, -0.2) is 23.2 Å². The molecule has 0 aromatic carbocycles. The summed E-state index contributed by atoms with van der Waals surface area (Å²) in [5.74, 6) is 0. The molecule has 0 heterocycles. The Bertz CT molecular complexity index is 287. The Kier molecular flexibility index (Phi) is 8.66. The quantitative estimate of drug-likeness (QED) is 0.339. The predicted octanol–water partition coefficient (Wildman–Crippen LogP) is 5.55. The summed E-state index contributed by atoms with van der Waals surface area (Å²) < 4.78 is 9.95. The van der Waals surface area contributed by atoms with Gasteiger partial charge in [-0.05, 0) is 23.6 Å². The van der Waals surface area contributed by atoms with E-state index in [1.807, 2.05) is 0 Å². The Hall–Kier alpha value is 1.44. The van der Waals surface area contributed by atoms with Crippen LogP contribution in [0.15, 0.2) is 0 Å². The second-order valence-corrected chi connectivity index (χ2v) is 11.6. The van der Waals surface area contributed by atoms with Gasteiger partial charge < -0.3 is 9.05 Å². The molecule has 0 saturated heterocycles. The summed E-state index contributed by atoms with van der Waals surface area (Å²) >= 11 is 22.6. The van der Waals surface area contributed by atoms with Crippen LogP contribution in [0.1, 0.15) is 40.5 Å². The molecule has 18 heavy (non-hydrogen) atoms. The van der Waals surface area contributed by atoms with Gasteiger partial charge in [0, 0.05) is 6.16 Å². The topological polar surface area (TPSA) is 18.5 Å². The van der Waals surface area contributed by atoms with Crippen molar-refractivity contribution in [3.63, 3.8) is 0 Å². The zero-order chi connectivity index (χ0) is 14.4. The molecule has 7 heteroatoms. The summed E-state index contributed by atoms with van der Waals surface area (Å²) in [6, 6.07) is 0. The molecular formula is C11H22Cl3O2PS. The van der Waals surface area contributed by atoms with Crippen molar-refractivity contribution in [2.75, 3.05) is 19.4 Å². The summed E-state index contributed by atoms with van der Waals surface area (Å²) in [5, 5.41) is 0. The van der Waals surface area contributed by atoms with Gasteiger partial charge in [-0.3, -0.25) is 0 Å². The lowest BCUT2D eigenvalue weighted by Gasteiger charge is -2.30. The molecule has 0 aromatic heterocycles. The van der Waals surface area contributed by atoms with Gasteiger partial charge in [0.1, 0.15) is 6.61 Å². The van der Waals surface area contributed by atoms with Crippen LogP contribution < -0.4 is 0 Å². The first kappa shape index (κ1) is 19.4. The van der Waals surface area contributed by atoms with E-state index < -0.39 is 10.3 Å². The summed E-state index contributed by atoms with van der Waals surface area (Å²) in [6.07, 6.45) is 2.68. The molecule has 1 unspecified atom stereocenters. The van der Waals surface area contributed by atoms with Gasteiger partial charge in [-0.15, -0.1) is 0 Å². The lowest BCUT2D eigenvalue weighted by molar-refractivity contribution is 0.238. The predicted molar refractivity (Wildman–Crippen MR) is 85.7 cm³/mol. The highest BCUT2D eigenvalue weighted by atomic mass is 35.6. The first-order chi connectivity index (χ1) is 7.97. The lowest BCUT2D eigenvalue weighted by atomic mass is 10.0. The molecule has 110 valence electrons. The SMILES string of the molecule is CCCCOP(=S)(CC(C)(C)C)OCC(Cl)(Cl)Cl. The van der Waals surface area contributed by atoms with Gasteiger partial charge >= 0.3 is 0 Å². The van der Waals surface area contributed by atoms with E-state index in [4.69, 9.17) is 55.7 Å². The number of alkyl halides is 3. The van der Waals surface area contributed by atoms with Gasteiger partial charge in [0.25, 0.3) is 0 Å². The smallest absolute Gasteiger partial charge is 0.213 e. The lowest BCUT2D eigenvalue weighted by Crippen LogP contribution is -2.19. The number of rotatable bonds is 7. The van der Waals surface area contributed by atoms with Crippen molar-refractivity contribution in [3.8, 4) is 0 Å². The molecule has 1 atom stereocenters. The average molecular weight is 356 g/mol. The van der Waals surface area contributed by atoms with Crippen LogP contribution in [0.5, 0.6) is 0 Å². The van der Waals surface area contributed by atoms with Gasteiger partial charge in [-0.25, -0.2) is 0 Å². The van der Waals surface area contributed by atoms with Gasteiger partial charge in [0.2, 0.25) is 3.79 Å². The van der Waals surface area contributed by atoms with Crippen molar-refractivity contribution in [2.45, 2.75) is 44.3 Å². The van der Waals surface area contributed by atoms with Crippen LogP contribution in [0.2, 0.25) is 0 Å².